The number of amides is 1. The van der Waals surface area contributed by atoms with E-state index in [1.54, 1.807) is 0 Å². The zero-order valence-electron chi connectivity index (χ0n) is 16.9. The number of rotatable bonds is 6. The number of carboxylic acids is 1. The van der Waals surface area contributed by atoms with Gasteiger partial charge in [-0.05, 0) is 33.9 Å². The maximum atomic E-state index is 13.4. The van der Waals surface area contributed by atoms with E-state index in [0.717, 1.165) is 33.4 Å². The van der Waals surface area contributed by atoms with Crippen LogP contribution in [0.25, 0.3) is 11.1 Å². The first kappa shape index (κ1) is 20.5. The fourth-order valence-corrected chi connectivity index (χ4v) is 4.00. The zero-order valence-corrected chi connectivity index (χ0v) is 16.9. The third kappa shape index (κ3) is 4.12. The summed E-state index contributed by atoms with van der Waals surface area (Å²) in [7, 11) is 1.37. The number of carboxylic acid groups (broad SMARTS) is 1. The number of carbonyl (C=O) groups excluding carboxylic acids is 1. The van der Waals surface area contributed by atoms with Gasteiger partial charge >= 0.3 is 12.1 Å². The van der Waals surface area contributed by atoms with Gasteiger partial charge in [0.1, 0.15) is 18.5 Å². The van der Waals surface area contributed by atoms with Gasteiger partial charge in [-0.25, -0.2) is 14.0 Å². The fourth-order valence-electron chi connectivity index (χ4n) is 4.00. The molecule has 3 aromatic rings. The van der Waals surface area contributed by atoms with Crippen molar-refractivity contribution in [3.05, 3.63) is 89.5 Å². The number of fused-ring (bicyclic) bond motifs is 3. The Balaban J connectivity index is 1.48. The maximum Gasteiger partial charge on any atom is 0.410 e. The fraction of sp³-hybridized carbons (Fsp3) is 0.208. The highest BCUT2D eigenvalue weighted by atomic mass is 19.1. The van der Waals surface area contributed by atoms with E-state index in [2.05, 4.69) is 4.98 Å². The number of pyridine rings is 1. The largest absolute Gasteiger partial charge is 0.480 e. The highest BCUT2D eigenvalue weighted by Gasteiger charge is 2.32. The molecule has 1 unspecified atom stereocenters. The van der Waals surface area contributed by atoms with Crippen LogP contribution in [0.4, 0.5) is 9.18 Å². The van der Waals surface area contributed by atoms with Gasteiger partial charge < -0.3 is 9.84 Å². The second-order valence-electron chi connectivity index (χ2n) is 7.48. The first-order chi connectivity index (χ1) is 15.0. The summed E-state index contributed by atoms with van der Waals surface area (Å²) in [6.45, 7) is 0.0884. The monoisotopic (exact) mass is 420 g/mol. The molecule has 158 valence electrons. The molecule has 1 aliphatic carbocycles. The van der Waals surface area contributed by atoms with Gasteiger partial charge in [-0.2, -0.15) is 0 Å². The summed E-state index contributed by atoms with van der Waals surface area (Å²) in [5.74, 6) is -1.90. The van der Waals surface area contributed by atoms with E-state index in [1.165, 1.54) is 19.3 Å². The lowest BCUT2D eigenvalue weighted by Crippen LogP contribution is -2.44. The standard InChI is InChI=1S/C24H21FN2O4/c1-27(22(23(28)29)11-15-10-16(25)13-26-12-15)24(30)31-14-21-19-8-4-2-6-17(19)18-7-3-5-9-20(18)21/h2-10,12-13,21-22H,11,14H2,1H3,(H,28,29). The lowest BCUT2D eigenvalue weighted by molar-refractivity contribution is -0.142. The summed E-state index contributed by atoms with van der Waals surface area (Å²) in [6, 6.07) is 15.9. The van der Waals surface area contributed by atoms with Gasteiger partial charge in [-0.1, -0.05) is 48.5 Å². The van der Waals surface area contributed by atoms with Crippen molar-refractivity contribution in [2.45, 2.75) is 18.4 Å². The van der Waals surface area contributed by atoms with Crippen LogP contribution < -0.4 is 0 Å². The molecule has 1 N–H and O–H groups in total. The summed E-state index contributed by atoms with van der Waals surface area (Å²) in [5, 5.41) is 9.60. The van der Waals surface area contributed by atoms with Crippen molar-refractivity contribution in [2.75, 3.05) is 13.7 Å². The van der Waals surface area contributed by atoms with Crippen LogP contribution in [-0.4, -0.2) is 46.7 Å². The SMILES string of the molecule is CN(C(=O)OCC1c2ccccc2-c2ccccc21)C(Cc1cncc(F)c1)C(=O)O. The van der Waals surface area contributed by atoms with Gasteiger partial charge in [0.05, 0.1) is 6.20 Å². The lowest BCUT2D eigenvalue weighted by Gasteiger charge is -2.25. The van der Waals surface area contributed by atoms with Crippen LogP contribution in [0.2, 0.25) is 0 Å². The minimum atomic E-state index is -1.21. The van der Waals surface area contributed by atoms with E-state index in [1.807, 2.05) is 48.5 Å². The zero-order chi connectivity index (χ0) is 22.0. The lowest BCUT2D eigenvalue weighted by atomic mass is 9.98. The Hall–Kier alpha value is -3.74. The Morgan fingerprint density at radius 3 is 2.29 bits per heavy atom. The molecule has 1 atom stereocenters. The van der Waals surface area contributed by atoms with Crippen LogP contribution in [0.15, 0.2) is 67.0 Å². The van der Waals surface area contributed by atoms with Gasteiger partial charge in [0.25, 0.3) is 0 Å². The molecule has 0 bridgehead atoms. The number of halogens is 1. The van der Waals surface area contributed by atoms with Gasteiger partial charge in [0.15, 0.2) is 0 Å². The predicted octanol–water partition coefficient (Wildman–Crippen LogP) is 4.10. The van der Waals surface area contributed by atoms with E-state index in [-0.39, 0.29) is 18.9 Å². The molecule has 1 aliphatic rings. The molecule has 0 spiro atoms. The van der Waals surface area contributed by atoms with Crippen LogP contribution in [-0.2, 0) is 16.0 Å². The summed E-state index contributed by atoms with van der Waals surface area (Å²) in [4.78, 5) is 29.2. The number of nitrogens with zero attached hydrogens (tertiary/aromatic N) is 2. The van der Waals surface area contributed by atoms with E-state index < -0.39 is 23.9 Å². The summed E-state index contributed by atoms with van der Waals surface area (Å²) >= 11 is 0. The van der Waals surface area contributed by atoms with Crippen LogP contribution in [0.1, 0.15) is 22.6 Å². The van der Waals surface area contributed by atoms with E-state index in [9.17, 15) is 19.1 Å². The summed E-state index contributed by atoms with van der Waals surface area (Å²) in [5.41, 5.74) is 4.73. The van der Waals surface area contributed by atoms with E-state index in [4.69, 9.17) is 4.74 Å². The molecule has 0 fully saturated rings. The Labute approximate surface area is 178 Å². The first-order valence-corrected chi connectivity index (χ1v) is 9.85. The topological polar surface area (TPSA) is 79.7 Å². The van der Waals surface area contributed by atoms with Gasteiger partial charge in [-0.15, -0.1) is 0 Å². The average molecular weight is 420 g/mol. The number of aromatic nitrogens is 1. The van der Waals surface area contributed by atoms with Crippen LogP contribution >= 0.6 is 0 Å². The number of aliphatic carboxylic acids is 1. The molecule has 1 aromatic heterocycles. The van der Waals surface area contributed by atoms with Gasteiger partial charge in [-0.3, -0.25) is 9.88 Å². The van der Waals surface area contributed by atoms with Crippen molar-refractivity contribution >= 4 is 12.1 Å². The smallest absolute Gasteiger partial charge is 0.410 e. The molecular formula is C24H21FN2O4. The quantitative estimate of drug-likeness (QED) is 0.650. The highest BCUT2D eigenvalue weighted by Crippen LogP contribution is 2.44. The predicted molar refractivity (Wildman–Crippen MR) is 112 cm³/mol. The Morgan fingerprint density at radius 2 is 1.71 bits per heavy atom. The van der Waals surface area contributed by atoms with Crippen molar-refractivity contribution in [1.82, 2.24) is 9.88 Å². The molecule has 6 nitrogen and oxygen atoms in total. The molecule has 0 saturated heterocycles. The molecule has 0 saturated carbocycles. The molecule has 0 aliphatic heterocycles. The number of hydrogen-bond donors (Lipinski definition) is 1. The second-order valence-corrected chi connectivity index (χ2v) is 7.48. The molecule has 2 aromatic carbocycles. The summed E-state index contributed by atoms with van der Waals surface area (Å²) < 4.78 is 18.9. The van der Waals surface area contributed by atoms with Crippen molar-refractivity contribution in [3.63, 3.8) is 0 Å². The van der Waals surface area contributed by atoms with Crippen molar-refractivity contribution < 1.29 is 23.8 Å². The van der Waals surface area contributed by atoms with Crippen LogP contribution in [0.3, 0.4) is 0 Å². The van der Waals surface area contributed by atoms with E-state index in [0.29, 0.717) is 5.56 Å². The average Bonchev–Trinajstić information content (AvgIpc) is 3.09. The molecule has 4 rings (SSSR count). The molecular weight excluding hydrogens is 399 g/mol. The molecule has 31 heavy (non-hydrogen) atoms. The van der Waals surface area contributed by atoms with Crippen molar-refractivity contribution in [2.24, 2.45) is 0 Å². The number of carbonyl (C=O) groups is 2. The van der Waals surface area contributed by atoms with Crippen LogP contribution in [0, 0.1) is 5.82 Å². The normalized spacial score (nSPS) is 13.2. The maximum absolute atomic E-state index is 13.4. The number of ether oxygens (including phenoxy) is 1. The number of likely N-dealkylation sites (N-methyl/N-ethyl adjacent to an activating group) is 1. The Bertz CT molecular complexity index is 1090. The third-order valence-corrected chi connectivity index (χ3v) is 5.57. The molecule has 0 radical (unpaired) electrons. The van der Waals surface area contributed by atoms with Crippen LogP contribution in [0.5, 0.6) is 0 Å². The summed E-state index contributed by atoms with van der Waals surface area (Å²) in [6.07, 6.45) is 1.58. The Kier molecular flexibility index (Phi) is 5.66. The van der Waals surface area contributed by atoms with E-state index >= 15 is 0 Å². The third-order valence-electron chi connectivity index (χ3n) is 5.57. The number of benzene rings is 2. The first-order valence-electron chi connectivity index (χ1n) is 9.85. The Morgan fingerprint density at radius 1 is 1.10 bits per heavy atom. The van der Waals surface area contributed by atoms with Crippen molar-refractivity contribution in [1.29, 1.82) is 0 Å². The van der Waals surface area contributed by atoms with Gasteiger partial charge in [0, 0.05) is 25.6 Å². The molecule has 1 heterocycles. The highest BCUT2D eigenvalue weighted by molar-refractivity contribution is 5.81. The minimum absolute atomic E-state index is 0.0826. The van der Waals surface area contributed by atoms with Crippen molar-refractivity contribution in [3.8, 4) is 11.1 Å². The molecule has 1 amide bonds. The minimum Gasteiger partial charge on any atom is -0.480 e. The second kappa shape index (κ2) is 8.55. The van der Waals surface area contributed by atoms with Gasteiger partial charge in [0.2, 0.25) is 0 Å². The number of hydrogen-bond acceptors (Lipinski definition) is 4. The molecule has 7 heteroatoms.